The molecule has 0 aromatic carbocycles. The largest absolute Gasteiger partial charge is 0.419 e. The molecule has 0 amide bonds. The lowest BCUT2D eigenvalue weighted by atomic mass is 10.0. The molecular formula is C13H18F3N3. The van der Waals surface area contributed by atoms with Crippen LogP contribution in [0, 0.1) is 0 Å². The molecule has 1 atom stereocenters. The maximum atomic E-state index is 13.0. The average molecular weight is 273 g/mol. The molecule has 0 spiro atoms. The molecule has 1 aliphatic heterocycles. The highest BCUT2D eigenvalue weighted by Crippen LogP contribution is 2.36. The van der Waals surface area contributed by atoms with Gasteiger partial charge in [-0.25, -0.2) is 4.98 Å². The van der Waals surface area contributed by atoms with Gasteiger partial charge in [0.1, 0.15) is 5.82 Å². The first-order valence-electron chi connectivity index (χ1n) is 6.33. The molecule has 1 aliphatic rings. The second-order valence-corrected chi connectivity index (χ2v) is 5.08. The summed E-state index contributed by atoms with van der Waals surface area (Å²) in [5.41, 5.74) is -0.644. The maximum Gasteiger partial charge on any atom is 0.419 e. The van der Waals surface area contributed by atoms with Crippen molar-refractivity contribution in [1.29, 1.82) is 0 Å². The first-order valence-corrected chi connectivity index (χ1v) is 6.33. The van der Waals surface area contributed by atoms with Crippen molar-refractivity contribution in [3.05, 3.63) is 23.9 Å². The number of rotatable bonds is 2. The third-order valence-corrected chi connectivity index (χ3v) is 3.52. The topological polar surface area (TPSA) is 19.4 Å². The Hall–Kier alpha value is -1.30. The molecule has 0 bridgehead atoms. The van der Waals surface area contributed by atoms with Crippen molar-refractivity contribution in [3.63, 3.8) is 0 Å². The van der Waals surface area contributed by atoms with Crippen LogP contribution in [0.3, 0.4) is 0 Å². The van der Waals surface area contributed by atoms with Gasteiger partial charge >= 0.3 is 6.18 Å². The van der Waals surface area contributed by atoms with Gasteiger partial charge in [0.05, 0.1) is 5.56 Å². The molecule has 1 unspecified atom stereocenters. The lowest BCUT2D eigenvalue weighted by molar-refractivity contribution is -0.137. The fourth-order valence-electron chi connectivity index (χ4n) is 2.44. The van der Waals surface area contributed by atoms with Crippen LogP contribution >= 0.6 is 0 Å². The summed E-state index contributed by atoms with van der Waals surface area (Å²) in [6.45, 7) is 1.22. The second-order valence-electron chi connectivity index (χ2n) is 5.08. The van der Waals surface area contributed by atoms with Crippen LogP contribution in [-0.4, -0.2) is 43.1 Å². The van der Waals surface area contributed by atoms with Crippen LogP contribution in [0.25, 0.3) is 0 Å². The first-order chi connectivity index (χ1) is 8.89. The van der Waals surface area contributed by atoms with E-state index in [1.807, 2.05) is 14.1 Å². The summed E-state index contributed by atoms with van der Waals surface area (Å²) in [6.07, 6.45) is -1.03. The molecule has 0 N–H and O–H groups in total. The minimum atomic E-state index is -4.35. The van der Waals surface area contributed by atoms with E-state index in [4.69, 9.17) is 0 Å². The van der Waals surface area contributed by atoms with Crippen molar-refractivity contribution < 1.29 is 13.2 Å². The molecule has 3 nitrogen and oxygen atoms in total. The van der Waals surface area contributed by atoms with E-state index in [9.17, 15) is 13.2 Å². The lowest BCUT2D eigenvalue weighted by Gasteiger charge is -2.37. The van der Waals surface area contributed by atoms with Crippen molar-refractivity contribution in [2.75, 3.05) is 32.1 Å². The van der Waals surface area contributed by atoms with E-state index in [0.29, 0.717) is 13.1 Å². The van der Waals surface area contributed by atoms with E-state index in [-0.39, 0.29) is 11.9 Å². The zero-order valence-corrected chi connectivity index (χ0v) is 11.1. The molecule has 0 radical (unpaired) electrons. The number of piperidine rings is 1. The van der Waals surface area contributed by atoms with Crippen molar-refractivity contribution in [1.82, 2.24) is 9.88 Å². The molecular weight excluding hydrogens is 255 g/mol. The number of aromatic nitrogens is 1. The van der Waals surface area contributed by atoms with Crippen molar-refractivity contribution in [2.24, 2.45) is 0 Å². The quantitative estimate of drug-likeness (QED) is 0.825. The van der Waals surface area contributed by atoms with Crippen LogP contribution in [0.15, 0.2) is 18.3 Å². The van der Waals surface area contributed by atoms with Crippen LogP contribution in [0.5, 0.6) is 0 Å². The van der Waals surface area contributed by atoms with E-state index in [1.165, 1.54) is 12.3 Å². The summed E-state index contributed by atoms with van der Waals surface area (Å²) in [7, 11) is 3.91. The smallest absolute Gasteiger partial charge is 0.355 e. The summed E-state index contributed by atoms with van der Waals surface area (Å²) >= 11 is 0. The zero-order valence-electron chi connectivity index (χ0n) is 11.1. The Morgan fingerprint density at radius 2 is 2.11 bits per heavy atom. The standard InChI is InChI=1S/C13H18F3N3/c1-18(2)10-5-4-8-19(9-10)12-11(13(14,15)16)6-3-7-17-12/h3,6-7,10H,4-5,8-9H2,1-2H3. The van der Waals surface area contributed by atoms with Gasteiger partial charge in [0.2, 0.25) is 0 Å². The predicted molar refractivity (Wildman–Crippen MR) is 68.2 cm³/mol. The van der Waals surface area contributed by atoms with Crippen LogP contribution in [0.1, 0.15) is 18.4 Å². The van der Waals surface area contributed by atoms with E-state index in [2.05, 4.69) is 9.88 Å². The lowest BCUT2D eigenvalue weighted by Crippen LogP contribution is -2.46. The maximum absolute atomic E-state index is 13.0. The van der Waals surface area contributed by atoms with Gasteiger partial charge in [-0.2, -0.15) is 13.2 Å². The number of nitrogens with zero attached hydrogens (tertiary/aromatic N) is 3. The van der Waals surface area contributed by atoms with Gasteiger partial charge in [0, 0.05) is 25.3 Å². The summed E-state index contributed by atoms with van der Waals surface area (Å²) < 4.78 is 38.9. The zero-order chi connectivity index (χ0) is 14.0. The molecule has 1 saturated heterocycles. The van der Waals surface area contributed by atoms with Crippen molar-refractivity contribution >= 4 is 5.82 Å². The highest BCUT2D eigenvalue weighted by Gasteiger charge is 2.36. The summed E-state index contributed by atoms with van der Waals surface area (Å²) in [4.78, 5) is 7.75. The Balaban J connectivity index is 2.27. The minimum Gasteiger partial charge on any atom is -0.355 e. The normalized spacial score (nSPS) is 20.9. The molecule has 6 heteroatoms. The molecule has 1 aromatic rings. The Bertz CT molecular complexity index is 431. The highest BCUT2D eigenvalue weighted by molar-refractivity contribution is 5.48. The van der Waals surface area contributed by atoms with Gasteiger partial charge in [-0.15, -0.1) is 0 Å². The number of pyridine rings is 1. The van der Waals surface area contributed by atoms with Crippen LogP contribution in [0.4, 0.5) is 19.0 Å². The summed E-state index contributed by atoms with van der Waals surface area (Å²) in [6, 6.07) is 2.71. The molecule has 1 aromatic heterocycles. The number of alkyl halides is 3. The number of anilines is 1. The SMILES string of the molecule is CN(C)C1CCCN(c2ncccc2C(F)(F)F)C1. The van der Waals surface area contributed by atoms with Crippen LogP contribution in [-0.2, 0) is 6.18 Å². The molecule has 2 rings (SSSR count). The monoisotopic (exact) mass is 273 g/mol. The van der Waals surface area contributed by atoms with Crippen LogP contribution in [0.2, 0.25) is 0 Å². The fourth-order valence-corrected chi connectivity index (χ4v) is 2.44. The van der Waals surface area contributed by atoms with Crippen molar-refractivity contribution in [3.8, 4) is 0 Å². The van der Waals surface area contributed by atoms with E-state index < -0.39 is 11.7 Å². The average Bonchev–Trinajstić information content (AvgIpc) is 2.38. The number of hydrogen-bond acceptors (Lipinski definition) is 3. The number of hydrogen-bond donors (Lipinski definition) is 0. The number of likely N-dealkylation sites (N-methyl/N-ethyl adjacent to an activating group) is 1. The predicted octanol–water partition coefficient (Wildman–Crippen LogP) is 2.63. The Labute approximate surface area is 111 Å². The van der Waals surface area contributed by atoms with E-state index in [0.717, 1.165) is 18.9 Å². The number of halogens is 3. The van der Waals surface area contributed by atoms with Gasteiger partial charge < -0.3 is 9.80 Å². The minimum absolute atomic E-state index is 0.0570. The van der Waals surface area contributed by atoms with Crippen LogP contribution < -0.4 is 4.90 Å². The Kier molecular flexibility index (Phi) is 3.99. The Morgan fingerprint density at radius 1 is 1.37 bits per heavy atom. The molecule has 0 saturated carbocycles. The molecule has 0 aliphatic carbocycles. The highest BCUT2D eigenvalue weighted by atomic mass is 19.4. The van der Waals surface area contributed by atoms with Gasteiger partial charge in [-0.3, -0.25) is 0 Å². The fraction of sp³-hybridized carbons (Fsp3) is 0.615. The summed E-state index contributed by atoms with van der Waals surface area (Å²) in [5, 5.41) is 0. The second kappa shape index (κ2) is 5.36. The molecule has 106 valence electrons. The van der Waals surface area contributed by atoms with Gasteiger partial charge in [-0.1, -0.05) is 0 Å². The van der Waals surface area contributed by atoms with E-state index >= 15 is 0 Å². The summed E-state index contributed by atoms with van der Waals surface area (Å²) in [5.74, 6) is 0.0570. The molecule has 19 heavy (non-hydrogen) atoms. The first kappa shape index (κ1) is 14.1. The molecule has 2 heterocycles. The Morgan fingerprint density at radius 3 is 2.74 bits per heavy atom. The third kappa shape index (κ3) is 3.18. The molecule has 1 fully saturated rings. The van der Waals surface area contributed by atoms with Crippen molar-refractivity contribution in [2.45, 2.75) is 25.1 Å². The van der Waals surface area contributed by atoms with Gasteiger partial charge in [-0.05, 0) is 39.1 Å². The third-order valence-electron chi connectivity index (χ3n) is 3.52. The van der Waals surface area contributed by atoms with Gasteiger partial charge in [0.15, 0.2) is 0 Å². The van der Waals surface area contributed by atoms with Gasteiger partial charge in [0.25, 0.3) is 0 Å². The van der Waals surface area contributed by atoms with E-state index in [1.54, 1.807) is 4.90 Å².